The van der Waals surface area contributed by atoms with Gasteiger partial charge in [-0.2, -0.15) is 0 Å². The summed E-state index contributed by atoms with van der Waals surface area (Å²) in [6, 6.07) is 7.27. The highest BCUT2D eigenvalue weighted by Gasteiger charge is 2.69. The standard InChI is InChI=1S/C14H21NO4S/c1-3-20(17,18)13-12(14(13,8-15)9-16)10-4-6-11(19-2)7-5-10/h4-7,12-13,16H,3,8-9,15H2,1-2H3/t12-,13+,14-/m1/s1. The Balaban J connectivity index is 2.38. The normalized spacial score (nSPS) is 29.2. The summed E-state index contributed by atoms with van der Waals surface area (Å²) in [5.74, 6) is 0.534. The first-order valence-electron chi connectivity index (χ1n) is 6.63. The van der Waals surface area contributed by atoms with Gasteiger partial charge in [0.25, 0.3) is 0 Å². The molecule has 3 atom stereocenters. The van der Waals surface area contributed by atoms with E-state index in [9.17, 15) is 13.5 Å². The number of aliphatic hydroxyl groups excluding tert-OH is 1. The summed E-state index contributed by atoms with van der Waals surface area (Å²) in [6.07, 6.45) is 0. The lowest BCUT2D eigenvalue weighted by molar-refractivity contribution is 0.212. The van der Waals surface area contributed by atoms with Crippen LogP contribution in [0.5, 0.6) is 5.75 Å². The van der Waals surface area contributed by atoms with Crippen molar-refractivity contribution in [1.82, 2.24) is 0 Å². The van der Waals surface area contributed by atoms with Gasteiger partial charge in [-0.25, -0.2) is 8.42 Å². The second-order valence-electron chi connectivity index (χ2n) is 5.22. The minimum Gasteiger partial charge on any atom is -0.497 e. The van der Waals surface area contributed by atoms with Gasteiger partial charge in [0.15, 0.2) is 9.84 Å². The second kappa shape index (κ2) is 5.35. The van der Waals surface area contributed by atoms with E-state index in [0.29, 0.717) is 5.75 Å². The van der Waals surface area contributed by atoms with Crippen molar-refractivity contribution in [1.29, 1.82) is 0 Å². The highest BCUT2D eigenvalue weighted by Crippen LogP contribution is 2.62. The van der Waals surface area contributed by atoms with Gasteiger partial charge in [-0.15, -0.1) is 0 Å². The molecule has 0 aromatic heterocycles. The maximum absolute atomic E-state index is 12.2. The summed E-state index contributed by atoms with van der Waals surface area (Å²) in [7, 11) is -1.66. The number of rotatable bonds is 6. The van der Waals surface area contributed by atoms with Crippen molar-refractivity contribution in [2.24, 2.45) is 11.1 Å². The molecule has 5 nitrogen and oxygen atoms in total. The molecule has 1 aromatic rings. The summed E-state index contributed by atoms with van der Waals surface area (Å²) in [5.41, 5.74) is 5.89. The lowest BCUT2D eigenvalue weighted by Crippen LogP contribution is -2.28. The maximum atomic E-state index is 12.2. The zero-order chi connectivity index (χ0) is 15.0. The molecule has 3 N–H and O–H groups in total. The van der Waals surface area contributed by atoms with E-state index in [1.807, 2.05) is 12.1 Å². The van der Waals surface area contributed by atoms with E-state index >= 15 is 0 Å². The third kappa shape index (κ3) is 2.21. The molecule has 0 amide bonds. The number of ether oxygens (including phenoxy) is 1. The van der Waals surface area contributed by atoms with E-state index in [2.05, 4.69) is 0 Å². The predicted octanol–water partition coefficient (Wildman–Crippen LogP) is 0.533. The Hall–Kier alpha value is -1.11. The van der Waals surface area contributed by atoms with Crippen LogP contribution in [-0.2, 0) is 9.84 Å². The zero-order valence-electron chi connectivity index (χ0n) is 11.7. The van der Waals surface area contributed by atoms with Crippen molar-refractivity contribution in [3.8, 4) is 5.75 Å². The summed E-state index contributed by atoms with van der Waals surface area (Å²) in [4.78, 5) is 0. The van der Waals surface area contributed by atoms with E-state index in [1.165, 1.54) is 0 Å². The van der Waals surface area contributed by atoms with Crippen LogP contribution in [0, 0.1) is 5.41 Å². The molecule has 20 heavy (non-hydrogen) atoms. The van der Waals surface area contributed by atoms with E-state index in [-0.39, 0.29) is 24.8 Å². The van der Waals surface area contributed by atoms with Crippen molar-refractivity contribution in [3.63, 3.8) is 0 Å². The van der Waals surface area contributed by atoms with Crippen LogP contribution in [0.4, 0.5) is 0 Å². The van der Waals surface area contributed by atoms with Gasteiger partial charge in [0.05, 0.1) is 19.0 Å². The van der Waals surface area contributed by atoms with Gasteiger partial charge in [0, 0.05) is 23.6 Å². The SMILES string of the molecule is CCS(=O)(=O)[C@H]1[C@@H](c2ccc(OC)cc2)[C@@]1(CN)CO. The van der Waals surface area contributed by atoms with Gasteiger partial charge in [-0.05, 0) is 17.7 Å². The Morgan fingerprint density at radius 2 is 1.95 bits per heavy atom. The monoisotopic (exact) mass is 299 g/mol. The number of benzene rings is 1. The largest absolute Gasteiger partial charge is 0.497 e. The van der Waals surface area contributed by atoms with Crippen LogP contribution in [0.15, 0.2) is 24.3 Å². The van der Waals surface area contributed by atoms with Crippen LogP contribution in [0.25, 0.3) is 0 Å². The first-order chi connectivity index (χ1) is 9.46. The van der Waals surface area contributed by atoms with E-state index in [0.717, 1.165) is 5.56 Å². The molecular formula is C14H21NO4S. The van der Waals surface area contributed by atoms with E-state index in [1.54, 1.807) is 26.2 Å². The molecule has 6 heteroatoms. The lowest BCUT2D eigenvalue weighted by Gasteiger charge is -2.11. The average molecular weight is 299 g/mol. The molecule has 1 aliphatic rings. The van der Waals surface area contributed by atoms with Crippen molar-refractivity contribution < 1.29 is 18.3 Å². The number of hydrogen-bond donors (Lipinski definition) is 2. The fourth-order valence-electron chi connectivity index (χ4n) is 3.01. The van der Waals surface area contributed by atoms with Crippen LogP contribution in [-0.4, -0.2) is 44.8 Å². The van der Waals surface area contributed by atoms with Crippen LogP contribution in [0.2, 0.25) is 0 Å². The van der Waals surface area contributed by atoms with Crippen LogP contribution >= 0.6 is 0 Å². The molecule has 0 bridgehead atoms. The molecular weight excluding hydrogens is 278 g/mol. The van der Waals surface area contributed by atoms with Gasteiger partial charge in [0.1, 0.15) is 5.75 Å². The molecule has 1 saturated carbocycles. The first kappa shape index (κ1) is 15.3. The Labute approximate surface area is 119 Å². The molecule has 0 heterocycles. The molecule has 0 spiro atoms. The fraction of sp³-hybridized carbons (Fsp3) is 0.571. The minimum absolute atomic E-state index is 0.0616. The van der Waals surface area contributed by atoms with Crippen LogP contribution in [0.1, 0.15) is 18.4 Å². The molecule has 1 aromatic carbocycles. The molecule has 1 fully saturated rings. The molecule has 2 rings (SSSR count). The molecule has 0 saturated heterocycles. The van der Waals surface area contributed by atoms with Gasteiger partial charge >= 0.3 is 0 Å². The molecule has 1 aliphatic carbocycles. The van der Waals surface area contributed by atoms with Crippen molar-refractivity contribution in [2.45, 2.75) is 18.1 Å². The van der Waals surface area contributed by atoms with E-state index in [4.69, 9.17) is 10.5 Å². The number of sulfone groups is 1. The summed E-state index contributed by atoms with van der Waals surface area (Å²) in [5, 5.41) is 9.06. The number of nitrogens with two attached hydrogens (primary N) is 1. The van der Waals surface area contributed by atoms with Gasteiger partial charge in [-0.1, -0.05) is 19.1 Å². The Bertz CT molecular complexity index is 563. The topological polar surface area (TPSA) is 89.6 Å². The Morgan fingerprint density at radius 3 is 2.35 bits per heavy atom. The van der Waals surface area contributed by atoms with Crippen molar-refractivity contribution in [3.05, 3.63) is 29.8 Å². The third-order valence-corrected chi connectivity index (χ3v) is 6.64. The molecule has 0 unspecified atom stereocenters. The molecule has 112 valence electrons. The number of methoxy groups -OCH3 is 1. The average Bonchev–Trinajstić information content (AvgIpc) is 3.18. The summed E-state index contributed by atoms with van der Waals surface area (Å²) >= 11 is 0. The van der Waals surface area contributed by atoms with Crippen LogP contribution < -0.4 is 10.5 Å². The lowest BCUT2D eigenvalue weighted by atomic mass is 10.00. The molecule has 0 aliphatic heterocycles. The quantitative estimate of drug-likeness (QED) is 0.800. The highest BCUT2D eigenvalue weighted by atomic mass is 32.2. The van der Waals surface area contributed by atoms with Gasteiger partial charge in [-0.3, -0.25) is 0 Å². The minimum atomic E-state index is -3.24. The summed E-state index contributed by atoms with van der Waals surface area (Å²) < 4.78 is 29.5. The smallest absolute Gasteiger partial charge is 0.154 e. The first-order valence-corrected chi connectivity index (χ1v) is 8.34. The predicted molar refractivity (Wildman–Crippen MR) is 77.6 cm³/mol. The second-order valence-corrected chi connectivity index (χ2v) is 7.63. The van der Waals surface area contributed by atoms with Crippen molar-refractivity contribution >= 4 is 9.84 Å². The van der Waals surface area contributed by atoms with Gasteiger partial charge in [0.2, 0.25) is 0 Å². The zero-order valence-corrected chi connectivity index (χ0v) is 12.6. The maximum Gasteiger partial charge on any atom is 0.154 e. The fourth-order valence-corrected chi connectivity index (χ4v) is 5.17. The van der Waals surface area contributed by atoms with Crippen molar-refractivity contribution in [2.75, 3.05) is 26.0 Å². The number of aliphatic hydroxyl groups is 1. The van der Waals surface area contributed by atoms with E-state index < -0.39 is 20.5 Å². The van der Waals surface area contributed by atoms with Gasteiger partial charge < -0.3 is 15.6 Å². The summed E-state index contributed by atoms with van der Waals surface area (Å²) in [6.45, 7) is 1.56. The highest BCUT2D eigenvalue weighted by molar-refractivity contribution is 7.92. The van der Waals surface area contributed by atoms with Crippen LogP contribution in [0.3, 0.4) is 0 Å². The molecule has 0 radical (unpaired) electrons. The Kier molecular flexibility index (Phi) is 4.09. The third-order valence-electron chi connectivity index (χ3n) is 4.32. The number of hydrogen-bond acceptors (Lipinski definition) is 5. The Morgan fingerprint density at radius 1 is 1.35 bits per heavy atom.